The van der Waals surface area contributed by atoms with Crippen LogP contribution in [0.15, 0.2) is 16.5 Å². The monoisotopic (exact) mass is 241 g/mol. The summed E-state index contributed by atoms with van der Waals surface area (Å²) in [4.78, 5) is 0. The Hall–Kier alpha value is -0.450. The smallest absolute Gasteiger partial charge is 0.118 e. The summed E-state index contributed by atoms with van der Waals surface area (Å²) in [5.41, 5.74) is 6.16. The van der Waals surface area contributed by atoms with Crippen LogP contribution in [0.1, 0.15) is 30.1 Å². The van der Waals surface area contributed by atoms with Crippen LogP contribution in [0.25, 0.3) is 0 Å². The maximum Gasteiger partial charge on any atom is 0.118 e. The molecule has 16 heavy (non-hydrogen) atoms. The van der Waals surface area contributed by atoms with Gasteiger partial charge in [0.15, 0.2) is 0 Å². The van der Waals surface area contributed by atoms with E-state index in [1.807, 2.05) is 30.8 Å². The van der Waals surface area contributed by atoms with Gasteiger partial charge in [0.25, 0.3) is 0 Å². The van der Waals surface area contributed by atoms with Crippen molar-refractivity contribution >= 4 is 11.8 Å². The highest BCUT2D eigenvalue weighted by Gasteiger charge is 2.29. The topological polar surface area (TPSA) is 48.4 Å². The minimum atomic E-state index is 0.149. The molecule has 0 radical (unpaired) electrons. The van der Waals surface area contributed by atoms with Crippen molar-refractivity contribution in [2.24, 2.45) is 5.73 Å². The Morgan fingerprint density at radius 2 is 2.25 bits per heavy atom. The molecule has 1 fully saturated rings. The molecule has 1 saturated heterocycles. The molecule has 1 aromatic rings. The molecule has 2 N–H and O–H groups in total. The molecule has 2 heterocycles. The number of aryl methyl sites for hydroxylation is 1. The predicted molar refractivity (Wildman–Crippen MR) is 66.7 cm³/mol. The Morgan fingerprint density at radius 1 is 1.50 bits per heavy atom. The summed E-state index contributed by atoms with van der Waals surface area (Å²) in [5, 5.41) is 0.834. The van der Waals surface area contributed by atoms with Gasteiger partial charge in [0.1, 0.15) is 11.5 Å². The number of hydrogen-bond donors (Lipinski definition) is 1. The van der Waals surface area contributed by atoms with E-state index in [4.69, 9.17) is 14.9 Å². The average Bonchev–Trinajstić information content (AvgIpc) is 2.62. The van der Waals surface area contributed by atoms with Crippen LogP contribution in [0.3, 0.4) is 0 Å². The molecule has 2 unspecified atom stereocenters. The van der Waals surface area contributed by atoms with E-state index in [1.54, 1.807) is 0 Å². The average molecular weight is 241 g/mol. The number of nitrogens with two attached hydrogens (primary N) is 1. The summed E-state index contributed by atoms with van der Waals surface area (Å²) >= 11 is 1.89. The van der Waals surface area contributed by atoms with Crippen molar-refractivity contribution in [2.45, 2.75) is 36.8 Å². The molecule has 1 aliphatic heterocycles. The Balaban J connectivity index is 2.06. The molecule has 1 aliphatic rings. The largest absolute Gasteiger partial charge is 0.465 e. The first-order valence-electron chi connectivity index (χ1n) is 5.75. The Kier molecular flexibility index (Phi) is 3.95. The lowest BCUT2D eigenvalue weighted by atomic mass is 10.1. The molecule has 90 valence electrons. The zero-order chi connectivity index (χ0) is 11.5. The lowest BCUT2D eigenvalue weighted by molar-refractivity contribution is 0.0451. The van der Waals surface area contributed by atoms with E-state index in [0.29, 0.717) is 5.25 Å². The van der Waals surface area contributed by atoms with Gasteiger partial charge in [0, 0.05) is 6.04 Å². The normalized spacial score (nSPS) is 20.4. The maximum atomic E-state index is 6.16. The van der Waals surface area contributed by atoms with Gasteiger partial charge in [-0.15, -0.1) is 11.8 Å². The highest BCUT2D eigenvalue weighted by atomic mass is 32.2. The van der Waals surface area contributed by atoms with Gasteiger partial charge in [-0.05, 0) is 25.5 Å². The van der Waals surface area contributed by atoms with Gasteiger partial charge in [-0.25, -0.2) is 0 Å². The van der Waals surface area contributed by atoms with Crippen molar-refractivity contribution in [3.05, 3.63) is 23.7 Å². The lowest BCUT2D eigenvalue weighted by Crippen LogP contribution is -2.34. The quantitative estimate of drug-likeness (QED) is 0.860. The van der Waals surface area contributed by atoms with Gasteiger partial charge in [-0.2, -0.15) is 0 Å². The van der Waals surface area contributed by atoms with Crippen LogP contribution in [-0.2, 0) is 4.74 Å². The van der Waals surface area contributed by atoms with Gasteiger partial charge in [0.05, 0.1) is 23.7 Å². The van der Waals surface area contributed by atoms with Crippen molar-refractivity contribution in [3.63, 3.8) is 0 Å². The molecule has 1 aromatic heterocycles. The summed E-state index contributed by atoms with van der Waals surface area (Å²) < 4.78 is 10.9. The van der Waals surface area contributed by atoms with E-state index in [9.17, 15) is 0 Å². The van der Waals surface area contributed by atoms with Crippen molar-refractivity contribution in [1.29, 1.82) is 0 Å². The predicted octanol–water partition coefficient (Wildman–Crippen LogP) is 2.50. The highest BCUT2D eigenvalue weighted by molar-refractivity contribution is 8.00. The number of hydrogen-bond acceptors (Lipinski definition) is 4. The molecular weight excluding hydrogens is 222 g/mol. The maximum absolute atomic E-state index is 6.16. The van der Waals surface area contributed by atoms with Crippen LogP contribution in [0.4, 0.5) is 0 Å². The minimum Gasteiger partial charge on any atom is -0.465 e. The second kappa shape index (κ2) is 5.25. The van der Waals surface area contributed by atoms with Gasteiger partial charge in [-0.3, -0.25) is 0 Å². The van der Waals surface area contributed by atoms with E-state index in [2.05, 4.69) is 6.92 Å². The van der Waals surface area contributed by atoms with Crippen LogP contribution in [0.5, 0.6) is 0 Å². The summed E-state index contributed by atoms with van der Waals surface area (Å²) in [7, 11) is 0. The molecular formula is C12H19NO2S. The molecule has 0 aliphatic carbocycles. The van der Waals surface area contributed by atoms with Gasteiger partial charge >= 0.3 is 0 Å². The SMILES string of the molecule is CCC(N)C(SC1COC1)c1ccc(C)o1. The minimum absolute atomic E-state index is 0.149. The lowest BCUT2D eigenvalue weighted by Gasteiger charge is -2.30. The molecule has 2 rings (SSSR count). The molecule has 0 bridgehead atoms. The summed E-state index contributed by atoms with van der Waals surface area (Å²) in [6.07, 6.45) is 0.963. The number of furan rings is 1. The zero-order valence-electron chi connectivity index (χ0n) is 9.81. The first-order chi connectivity index (χ1) is 7.70. The zero-order valence-corrected chi connectivity index (χ0v) is 10.6. The fourth-order valence-corrected chi connectivity index (χ4v) is 3.12. The Bertz CT molecular complexity index is 336. The summed E-state index contributed by atoms with van der Waals surface area (Å²) in [6, 6.07) is 4.20. The number of thioether (sulfide) groups is 1. The van der Waals surface area contributed by atoms with Crippen LogP contribution in [-0.4, -0.2) is 24.5 Å². The van der Waals surface area contributed by atoms with Crippen molar-refractivity contribution in [2.75, 3.05) is 13.2 Å². The summed E-state index contributed by atoms with van der Waals surface area (Å²) in [6.45, 7) is 5.77. The number of ether oxygens (including phenoxy) is 1. The van der Waals surface area contributed by atoms with E-state index in [-0.39, 0.29) is 11.3 Å². The Morgan fingerprint density at radius 3 is 2.69 bits per heavy atom. The van der Waals surface area contributed by atoms with E-state index < -0.39 is 0 Å². The van der Waals surface area contributed by atoms with Crippen LogP contribution >= 0.6 is 11.8 Å². The molecule has 0 saturated carbocycles. The summed E-state index contributed by atoms with van der Waals surface area (Å²) in [5.74, 6) is 1.96. The third kappa shape index (κ3) is 2.62. The Labute approximate surface area is 101 Å². The number of rotatable bonds is 5. The van der Waals surface area contributed by atoms with Crippen molar-refractivity contribution < 1.29 is 9.15 Å². The fourth-order valence-electron chi connectivity index (χ4n) is 1.70. The molecule has 0 spiro atoms. The van der Waals surface area contributed by atoms with Crippen molar-refractivity contribution in [1.82, 2.24) is 0 Å². The van der Waals surface area contributed by atoms with Crippen LogP contribution in [0.2, 0.25) is 0 Å². The molecule has 2 atom stereocenters. The second-order valence-electron chi connectivity index (χ2n) is 4.24. The molecule has 4 heteroatoms. The van der Waals surface area contributed by atoms with E-state index in [1.165, 1.54) is 0 Å². The van der Waals surface area contributed by atoms with E-state index in [0.717, 1.165) is 31.2 Å². The van der Waals surface area contributed by atoms with Crippen molar-refractivity contribution in [3.8, 4) is 0 Å². The fraction of sp³-hybridized carbons (Fsp3) is 0.667. The van der Waals surface area contributed by atoms with E-state index >= 15 is 0 Å². The van der Waals surface area contributed by atoms with Crippen LogP contribution < -0.4 is 5.73 Å². The van der Waals surface area contributed by atoms with Gasteiger partial charge < -0.3 is 14.9 Å². The third-order valence-corrected chi connectivity index (χ3v) is 4.38. The third-order valence-electron chi connectivity index (χ3n) is 2.85. The van der Waals surface area contributed by atoms with Gasteiger partial charge in [-0.1, -0.05) is 6.92 Å². The molecule has 3 nitrogen and oxygen atoms in total. The molecule has 0 amide bonds. The standard InChI is InChI=1S/C12H19NO2S/c1-3-10(13)12(16-9-6-14-7-9)11-5-4-8(2)15-11/h4-5,9-10,12H,3,6-7,13H2,1-2H3. The first kappa shape index (κ1) is 12.0. The highest BCUT2D eigenvalue weighted by Crippen LogP contribution is 2.38. The second-order valence-corrected chi connectivity index (χ2v) is 5.68. The van der Waals surface area contributed by atoms with Gasteiger partial charge in [0.2, 0.25) is 0 Å². The first-order valence-corrected chi connectivity index (χ1v) is 6.70. The van der Waals surface area contributed by atoms with Crippen LogP contribution in [0, 0.1) is 6.92 Å². The molecule has 0 aromatic carbocycles.